The molecule has 0 aliphatic carbocycles. The number of hydrogen-bond acceptors (Lipinski definition) is 5. The Morgan fingerprint density at radius 1 is 0.359 bits per heavy atom. The number of esters is 2. The van der Waals surface area contributed by atoms with Gasteiger partial charge in [0.25, 0.3) is 0 Å². The molecular formula is C59H96O5. The molecule has 0 aliphatic heterocycles. The fraction of sp³-hybridized carbons (Fsp3) is 0.627. The Morgan fingerprint density at radius 3 is 1.14 bits per heavy atom. The second-order valence-corrected chi connectivity index (χ2v) is 16.7. The van der Waals surface area contributed by atoms with Crippen molar-refractivity contribution in [3.63, 3.8) is 0 Å². The van der Waals surface area contributed by atoms with Crippen LogP contribution >= 0.6 is 0 Å². The second kappa shape index (κ2) is 53.6. The van der Waals surface area contributed by atoms with E-state index in [0.717, 1.165) is 135 Å². The van der Waals surface area contributed by atoms with E-state index in [1.807, 2.05) is 0 Å². The van der Waals surface area contributed by atoms with E-state index in [9.17, 15) is 9.59 Å². The summed E-state index contributed by atoms with van der Waals surface area (Å²) in [5.74, 6) is -0.472. The van der Waals surface area contributed by atoms with Gasteiger partial charge in [0.15, 0.2) is 6.10 Å². The van der Waals surface area contributed by atoms with E-state index in [0.29, 0.717) is 19.4 Å². The summed E-state index contributed by atoms with van der Waals surface area (Å²) in [6.45, 7) is 7.44. The van der Waals surface area contributed by atoms with Crippen LogP contribution in [0.1, 0.15) is 213 Å². The minimum Gasteiger partial charge on any atom is -0.462 e. The molecule has 0 saturated carbocycles. The van der Waals surface area contributed by atoms with E-state index in [-0.39, 0.29) is 25.2 Å². The third-order valence-electron chi connectivity index (χ3n) is 10.5. The monoisotopic (exact) mass is 885 g/mol. The van der Waals surface area contributed by atoms with Gasteiger partial charge >= 0.3 is 11.9 Å². The molecule has 0 aromatic heterocycles. The number of rotatable bonds is 46. The summed E-state index contributed by atoms with van der Waals surface area (Å²) >= 11 is 0. The maximum absolute atomic E-state index is 12.8. The van der Waals surface area contributed by atoms with Crippen molar-refractivity contribution >= 4 is 11.9 Å². The molecule has 1 unspecified atom stereocenters. The molecule has 0 bridgehead atoms. The Balaban J connectivity index is 4.39. The normalized spacial score (nSPS) is 13.2. The van der Waals surface area contributed by atoms with Crippen LogP contribution < -0.4 is 0 Å². The molecule has 0 aromatic rings. The number of carbonyl (C=O) groups is 2. The average molecular weight is 885 g/mol. The number of ether oxygens (including phenoxy) is 3. The Hall–Kier alpha value is -3.70. The zero-order chi connectivity index (χ0) is 46.3. The summed E-state index contributed by atoms with van der Waals surface area (Å²) in [7, 11) is 0. The Kier molecular flexibility index (Phi) is 50.5. The molecule has 5 nitrogen and oxygen atoms in total. The van der Waals surface area contributed by atoms with Gasteiger partial charge in [0.2, 0.25) is 0 Å². The van der Waals surface area contributed by atoms with E-state index in [1.165, 1.54) is 44.9 Å². The van der Waals surface area contributed by atoms with Crippen molar-refractivity contribution in [2.45, 2.75) is 219 Å². The van der Waals surface area contributed by atoms with Gasteiger partial charge in [0, 0.05) is 19.4 Å². The molecule has 0 rings (SSSR count). The molecule has 0 saturated heterocycles. The molecule has 64 heavy (non-hydrogen) atoms. The van der Waals surface area contributed by atoms with Crippen LogP contribution in [0.2, 0.25) is 0 Å². The van der Waals surface area contributed by atoms with E-state index in [4.69, 9.17) is 14.2 Å². The zero-order valence-electron chi connectivity index (χ0n) is 41.5. The molecular weight excluding hydrogens is 789 g/mol. The molecule has 5 heteroatoms. The van der Waals surface area contributed by atoms with E-state index in [1.54, 1.807) is 0 Å². The molecule has 0 amide bonds. The zero-order valence-corrected chi connectivity index (χ0v) is 41.5. The minimum atomic E-state index is -0.582. The van der Waals surface area contributed by atoms with Crippen LogP contribution in [0.15, 0.2) is 122 Å². The predicted molar refractivity (Wildman–Crippen MR) is 279 cm³/mol. The van der Waals surface area contributed by atoms with E-state index in [2.05, 4.69) is 142 Å². The summed E-state index contributed by atoms with van der Waals surface area (Å²) in [5, 5.41) is 0. The largest absolute Gasteiger partial charge is 0.462 e. The van der Waals surface area contributed by atoms with Crippen LogP contribution in [0.25, 0.3) is 0 Å². The van der Waals surface area contributed by atoms with Gasteiger partial charge < -0.3 is 14.2 Å². The van der Waals surface area contributed by atoms with Crippen LogP contribution in [0.4, 0.5) is 0 Å². The third-order valence-corrected chi connectivity index (χ3v) is 10.5. The molecule has 0 N–H and O–H groups in total. The van der Waals surface area contributed by atoms with Crippen LogP contribution in [0, 0.1) is 0 Å². The highest BCUT2D eigenvalue weighted by Gasteiger charge is 2.17. The molecule has 0 aliphatic rings. The topological polar surface area (TPSA) is 61.8 Å². The van der Waals surface area contributed by atoms with E-state index >= 15 is 0 Å². The first-order valence-electron chi connectivity index (χ1n) is 26.1. The number of unbranched alkanes of at least 4 members (excludes halogenated alkanes) is 15. The SMILES string of the molecule is CC/C=C\C/C=C\C/C=C\C/C=C\CCCCCOCC(COC(=O)CCCCCCCC/C=C\C/C=C\C/C=C\CCCCC)OC(=O)CCCCC/C=C\C/C=C\C/C=C\CC. The molecule has 0 spiro atoms. The van der Waals surface area contributed by atoms with Gasteiger partial charge in [-0.3, -0.25) is 9.59 Å². The van der Waals surface area contributed by atoms with Gasteiger partial charge in [0.05, 0.1) is 6.61 Å². The van der Waals surface area contributed by atoms with Crippen molar-refractivity contribution in [2.24, 2.45) is 0 Å². The Labute approximate surface area is 395 Å². The van der Waals surface area contributed by atoms with Crippen molar-refractivity contribution < 1.29 is 23.8 Å². The smallest absolute Gasteiger partial charge is 0.306 e. The minimum absolute atomic E-state index is 0.0457. The first-order chi connectivity index (χ1) is 31.6. The lowest BCUT2D eigenvalue weighted by atomic mass is 10.1. The van der Waals surface area contributed by atoms with Gasteiger partial charge in [0.1, 0.15) is 6.61 Å². The maximum atomic E-state index is 12.8. The van der Waals surface area contributed by atoms with Gasteiger partial charge in [-0.25, -0.2) is 0 Å². The highest BCUT2D eigenvalue weighted by Crippen LogP contribution is 2.12. The summed E-state index contributed by atoms with van der Waals surface area (Å²) in [4.78, 5) is 25.4. The first kappa shape index (κ1) is 60.3. The van der Waals surface area contributed by atoms with Crippen molar-refractivity contribution in [3.8, 4) is 0 Å². The van der Waals surface area contributed by atoms with Crippen LogP contribution in [-0.4, -0.2) is 37.9 Å². The molecule has 0 aromatic carbocycles. The fourth-order valence-electron chi connectivity index (χ4n) is 6.64. The molecule has 1 atom stereocenters. The van der Waals surface area contributed by atoms with Gasteiger partial charge in [-0.1, -0.05) is 194 Å². The van der Waals surface area contributed by atoms with Crippen molar-refractivity contribution in [1.82, 2.24) is 0 Å². The predicted octanol–water partition coefficient (Wildman–Crippen LogP) is 17.8. The van der Waals surface area contributed by atoms with Crippen molar-refractivity contribution in [2.75, 3.05) is 19.8 Å². The van der Waals surface area contributed by atoms with Crippen molar-refractivity contribution in [1.29, 1.82) is 0 Å². The molecule has 0 fully saturated rings. The standard InChI is InChI=1S/C59H96O5/c1-4-7-10-13-16-19-22-25-27-29-30-31-32-35-37-40-43-46-49-52-58(60)63-56-57(64-59(61)53-50-47-44-41-38-34-24-21-18-15-12-9-6-3)55-62-54-51-48-45-42-39-36-33-28-26-23-20-17-14-11-8-5-2/h8-9,11-12,16-21,25-28,30-31,34,36,38-39,57H,4-7,10,13-15,22-24,29,32-33,35,37,40-56H2,1-3H3/b11-8-,12-9-,19-16-,20-17-,21-18-,27-25-,28-26-,31-30-,38-34-,39-36-. The van der Waals surface area contributed by atoms with Gasteiger partial charge in [-0.15, -0.1) is 0 Å². The summed E-state index contributed by atoms with van der Waals surface area (Å²) in [5.41, 5.74) is 0. The van der Waals surface area contributed by atoms with Crippen LogP contribution in [-0.2, 0) is 23.8 Å². The highest BCUT2D eigenvalue weighted by molar-refractivity contribution is 5.70. The number of allylic oxidation sites excluding steroid dienone is 20. The quantitative estimate of drug-likeness (QED) is 0.0346. The van der Waals surface area contributed by atoms with Gasteiger partial charge in [-0.2, -0.15) is 0 Å². The second-order valence-electron chi connectivity index (χ2n) is 16.7. The van der Waals surface area contributed by atoms with Crippen molar-refractivity contribution in [3.05, 3.63) is 122 Å². The van der Waals surface area contributed by atoms with Crippen LogP contribution in [0.3, 0.4) is 0 Å². The summed E-state index contributed by atoms with van der Waals surface area (Å²) in [6, 6.07) is 0. The highest BCUT2D eigenvalue weighted by atomic mass is 16.6. The Morgan fingerprint density at radius 2 is 0.703 bits per heavy atom. The molecule has 362 valence electrons. The lowest BCUT2D eigenvalue weighted by Gasteiger charge is -2.18. The fourth-order valence-corrected chi connectivity index (χ4v) is 6.64. The first-order valence-corrected chi connectivity index (χ1v) is 26.1. The van der Waals surface area contributed by atoms with Crippen LogP contribution in [0.5, 0.6) is 0 Å². The van der Waals surface area contributed by atoms with E-state index < -0.39 is 6.10 Å². The number of hydrogen-bond donors (Lipinski definition) is 0. The lowest BCUT2D eigenvalue weighted by Crippen LogP contribution is -2.30. The number of carbonyl (C=O) groups excluding carboxylic acids is 2. The third kappa shape index (κ3) is 50.9. The summed E-state index contributed by atoms with van der Waals surface area (Å²) in [6.07, 6.45) is 75.0. The van der Waals surface area contributed by atoms with Gasteiger partial charge in [-0.05, 0) is 128 Å². The molecule has 0 radical (unpaired) electrons. The molecule has 0 heterocycles. The maximum Gasteiger partial charge on any atom is 0.306 e. The Bertz CT molecular complexity index is 1320. The average Bonchev–Trinajstić information content (AvgIpc) is 3.30. The summed E-state index contributed by atoms with van der Waals surface area (Å²) < 4.78 is 17.3. The lowest BCUT2D eigenvalue weighted by molar-refractivity contribution is -0.163.